The number of halogens is 1. The molecule has 1 heterocycles. The molecule has 1 unspecified atom stereocenters. The van der Waals surface area contributed by atoms with E-state index in [1.165, 1.54) is 11.8 Å². The van der Waals surface area contributed by atoms with Gasteiger partial charge in [0.05, 0.1) is 6.61 Å². The molecule has 0 saturated carbocycles. The zero-order chi connectivity index (χ0) is 13.8. The van der Waals surface area contributed by atoms with Gasteiger partial charge in [-0.1, -0.05) is 11.6 Å². The van der Waals surface area contributed by atoms with Crippen molar-refractivity contribution in [1.29, 1.82) is 0 Å². The van der Waals surface area contributed by atoms with E-state index in [0.29, 0.717) is 23.1 Å². The van der Waals surface area contributed by atoms with Gasteiger partial charge in [0, 0.05) is 27.7 Å². The third-order valence-electron chi connectivity index (χ3n) is 2.62. The first-order valence-electron chi connectivity index (χ1n) is 5.66. The van der Waals surface area contributed by atoms with E-state index in [4.69, 9.17) is 31.9 Å². The second kappa shape index (κ2) is 6.47. The predicted molar refractivity (Wildman–Crippen MR) is 73.5 cm³/mol. The fourth-order valence-electron chi connectivity index (χ4n) is 1.73. The van der Waals surface area contributed by atoms with Crippen LogP contribution in [-0.4, -0.2) is 29.7 Å². The molecule has 0 amide bonds. The third kappa shape index (κ3) is 3.76. The maximum absolute atomic E-state index is 10.6. The zero-order valence-electron chi connectivity index (χ0n) is 10.1. The van der Waals surface area contributed by atoms with Gasteiger partial charge in [-0.3, -0.25) is 4.79 Å². The molecule has 7 heteroatoms. The summed E-state index contributed by atoms with van der Waals surface area (Å²) in [5.41, 5.74) is 7.30. The summed E-state index contributed by atoms with van der Waals surface area (Å²) >= 11 is 7.47. The van der Waals surface area contributed by atoms with Crippen molar-refractivity contribution in [2.24, 2.45) is 5.73 Å². The molecule has 0 bridgehead atoms. The Kier molecular flexibility index (Phi) is 4.93. The molecule has 1 aromatic carbocycles. The molecular weight excluding hydrogens is 290 g/mol. The molecule has 104 valence electrons. The van der Waals surface area contributed by atoms with E-state index in [1.807, 2.05) is 12.1 Å². The molecule has 1 aliphatic rings. The van der Waals surface area contributed by atoms with Crippen molar-refractivity contribution < 1.29 is 19.4 Å². The largest absolute Gasteiger partial charge is 0.480 e. The van der Waals surface area contributed by atoms with Gasteiger partial charge in [0.1, 0.15) is 11.8 Å². The molecule has 19 heavy (non-hydrogen) atoms. The van der Waals surface area contributed by atoms with E-state index in [0.717, 1.165) is 16.9 Å². The molecule has 1 atom stereocenters. The van der Waals surface area contributed by atoms with E-state index < -0.39 is 12.0 Å². The molecule has 0 fully saturated rings. The summed E-state index contributed by atoms with van der Waals surface area (Å²) in [7, 11) is 0. The average molecular weight is 304 g/mol. The van der Waals surface area contributed by atoms with Gasteiger partial charge in [-0.15, -0.1) is 0 Å². The number of nitrogens with two attached hydrogens (primary N) is 1. The summed E-state index contributed by atoms with van der Waals surface area (Å²) in [6.45, 7) is 0.698. The van der Waals surface area contributed by atoms with Gasteiger partial charge in [0.2, 0.25) is 0 Å². The van der Waals surface area contributed by atoms with Crippen molar-refractivity contribution in [3.8, 4) is 5.75 Å². The van der Waals surface area contributed by atoms with Gasteiger partial charge >= 0.3 is 5.97 Å². The first-order valence-corrected chi connectivity index (χ1v) is 7.19. The molecule has 3 N–H and O–H groups in total. The number of carboxylic acids is 1. The summed E-state index contributed by atoms with van der Waals surface area (Å²) in [5, 5.41) is 9.33. The van der Waals surface area contributed by atoms with Crippen LogP contribution in [0, 0.1) is 0 Å². The van der Waals surface area contributed by atoms with Crippen molar-refractivity contribution in [3.63, 3.8) is 0 Å². The summed E-state index contributed by atoms with van der Waals surface area (Å²) in [6.07, 6.45) is 0. The number of carboxylic acid groups (broad SMARTS) is 1. The minimum Gasteiger partial charge on any atom is -0.480 e. The number of rotatable bonds is 5. The lowest BCUT2D eigenvalue weighted by Crippen LogP contribution is -2.32. The molecule has 0 aliphatic carbocycles. The minimum atomic E-state index is -0.995. The monoisotopic (exact) mass is 303 g/mol. The Bertz CT molecular complexity index is 483. The Morgan fingerprint density at radius 1 is 1.58 bits per heavy atom. The van der Waals surface area contributed by atoms with Crippen molar-refractivity contribution in [3.05, 3.63) is 28.3 Å². The van der Waals surface area contributed by atoms with Crippen LogP contribution in [-0.2, 0) is 21.9 Å². The Hall–Kier alpha value is -0.950. The summed E-state index contributed by atoms with van der Waals surface area (Å²) in [4.78, 5) is 10.6. The Balaban J connectivity index is 2.03. The topological polar surface area (TPSA) is 81.8 Å². The highest BCUT2D eigenvalue weighted by molar-refractivity contribution is 7.98. The van der Waals surface area contributed by atoms with Crippen LogP contribution in [0.5, 0.6) is 5.75 Å². The summed E-state index contributed by atoms with van der Waals surface area (Å²) in [6, 6.07) is 2.78. The molecule has 0 spiro atoms. The fraction of sp³-hybridized carbons (Fsp3) is 0.417. The number of carbonyl (C=O) groups is 1. The third-order valence-corrected chi connectivity index (χ3v) is 3.95. The van der Waals surface area contributed by atoms with E-state index in [2.05, 4.69) is 0 Å². The number of fused-ring (bicyclic) bond motifs is 1. The van der Waals surface area contributed by atoms with E-state index in [9.17, 15) is 4.79 Å². The first kappa shape index (κ1) is 14.5. The highest BCUT2D eigenvalue weighted by Crippen LogP contribution is 2.33. The van der Waals surface area contributed by atoms with Gasteiger partial charge in [0.25, 0.3) is 0 Å². The zero-order valence-corrected chi connectivity index (χ0v) is 11.7. The SMILES string of the molecule is NC(CSCc1cc(Cl)cc2c1OCOC2)C(=O)O. The Morgan fingerprint density at radius 2 is 2.37 bits per heavy atom. The lowest BCUT2D eigenvalue weighted by Gasteiger charge is -2.21. The molecule has 2 rings (SSSR count). The van der Waals surface area contributed by atoms with Crippen molar-refractivity contribution in [2.75, 3.05) is 12.5 Å². The van der Waals surface area contributed by atoms with Crippen LogP contribution in [0.15, 0.2) is 12.1 Å². The van der Waals surface area contributed by atoms with Crippen LogP contribution in [0.1, 0.15) is 11.1 Å². The van der Waals surface area contributed by atoms with Crippen LogP contribution in [0.2, 0.25) is 5.02 Å². The smallest absolute Gasteiger partial charge is 0.321 e. The van der Waals surface area contributed by atoms with E-state index in [1.54, 1.807) is 0 Å². The van der Waals surface area contributed by atoms with E-state index in [-0.39, 0.29) is 6.79 Å². The average Bonchev–Trinajstić information content (AvgIpc) is 2.38. The number of benzene rings is 1. The molecule has 1 aliphatic heterocycles. The predicted octanol–water partition coefficient (Wildman–Crippen LogP) is 1.85. The van der Waals surface area contributed by atoms with Gasteiger partial charge in [-0.25, -0.2) is 0 Å². The second-order valence-electron chi connectivity index (χ2n) is 4.12. The number of aliphatic carboxylic acids is 1. The first-order chi connectivity index (χ1) is 9.08. The van der Waals surface area contributed by atoms with Crippen molar-refractivity contribution >= 4 is 29.3 Å². The number of hydrogen-bond donors (Lipinski definition) is 2. The molecule has 0 radical (unpaired) electrons. The Morgan fingerprint density at radius 3 is 3.11 bits per heavy atom. The lowest BCUT2D eigenvalue weighted by atomic mass is 10.1. The van der Waals surface area contributed by atoms with Gasteiger partial charge < -0.3 is 20.3 Å². The van der Waals surface area contributed by atoms with Gasteiger partial charge in [-0.05, 0) is 12.1 Å². The van der Waals surface area contributed by atoms with Crippen LogP contribution in [0.4, 0.5) is 0 Å². The van der Waals surface area contributed by atoms with Crippen molar-refractivity contribution in [2.45, 2.75) is 18.4 Å². The van der Waals surface area contributed by atoms with Crippen LogP contribution in [0.3, 0.4) is 0 Å². The molecular formula is C12H14ClNO4S. The molecule has 0 aromatic heterocycles. The Labute approximate surface area is 120 Å². The number of thioether (sulfide) groups is 1. The summed E-state index contributed by atoms with van der Waals surface area (Å²) in [5.74, 6) is 0.731. The maximum atomic E-state index is 10.6. The lowest BCUT2D eigenvalue weighted by molar-refractivity contribution is -0.137. The normalized spacial score (nSPS) is 15.5. The van der Waals surface area contributed by atoms with Crippen molar-refractivity contribution in [1.82, 2.24) is 0 Å². The fourth-order valence-corrected chi connectivity index (χ4v) is 2.94. The standard InChI is InChI=1S/C12H14ClNO4S/c13-9-1-7-3-17-6-18-11(7)8(2-9)4-19-5-10(14)12(15)16/h1-2,10H,3-6,14H2,(H,15,16). The van der Waals surface area contributed by atoms with E-state index >= 15 is 0 Å². The molecule has 0 saturated heterocycles. The van der Waals surface area contributed by atoms with Crippen LogP contribution < -0.4 is 10.5 Å². The molecule has 5 nitrogen and oxygen atoms in total. The quantitative estimate of drug-likeness (QED) is 0.864. The van der Waals surface area contributed by atoms with Crippen LogP contribution in [0.25, 0.3) is 0 Å². The van der Waals surface area contributed by atoms with Gasteiger partial charge in [0.15, 0.2) is 6.79 Å². The highest BCUT2D eigenvalue weighted by atomic mass is 35.5. The van der Waals surface area contributed by atoms with Crippen LogP contribution >= 0.6 is 23.4 Å². The highest BCUT2D eigenvalue weighted by Gasteiger charge is 2.17. The maximum Gasteiger partial charge on any atom is 0.321 e. The van der Waals surface area contributed by atoms with Gasteiger partial charge in [-0.2, -0.15) is 11.8 Å². The second-order valence-corrected chi connectivity index (χ2v) is 5.59. The number of hydrogen-bond acceptors (Lipinski definition) is 5. The molecule has 1 aromatic rings. The number of ether oxygens (including phenoxy) is 2. The minimum absolute atomic E-state index is 0.223. The summed E-state index contributed by atoms with van der Waals surface area (Å²) < 4.78 is 10.7.